The number of hydrogen-bond acceptors (Lipinski definition) is 3. The van der Waals surface area contributed by atoms with Gasteiger partial charge in [-0.2, -0.15) is 0 Å². The third kappa shape index (κ3) is 3.04. The Labute approximate surface area is 125 Å². The summed E-state index contributed by atoms with van der Waals surface area (Å²) in [6.07, 6.45) is 6.83. The highest BCUT2D eigenvalue weighted by Gasteiger charge is 2.38. The number of rotatable bonds is 4. The predicted octanol–water partition coefficient (Wildman–Crippen LogP) is 3.63. The van der Waals surface area contributed by atoms with Crippen LogP contribution < -0.4 is 0 Å². The van der Waals surface area contributed by atoms with Crippen LogP contribution in [0.4, 0.5) is 0 Å². The minimum Gasteiger partial charge on any atom is -0.472 e. The molecule has 110 valence electrons. The lowest BCUT2D eigenvalue weighted by atomic mass is 10.0. The lowest BCUT2D eigenvalue weighted by molar-refractivity contribution is -0.0986. The maximum absolute atomic E-state index is 6.38. The van der Waals surface area contributed by atoms with Crippen LogP contribution in [0.1, 0.15) is 30.1 Å². The van der Waals surface area contributed by atoms with E-state index in [4.69, 9.17) is 9.15 Å². The van der Waals surface area contributed by atoms with Gasteiger partial charge in [-0.3, -0.25) is 4.90 Å². The fourth-order valence-corrected chi connectivity index (χ4v) is 3.21. The molecule has 2 atom stereocenters. The maximum atomic E-state index is 6.38. The van der Waals surface area contributed by atoms with E-state index in [1.165, 1.54) is 24.0 Å². The van der Waals surface area contributed by atoms with Crippen molar-refractivity contribution < 1.29 is 9.15 Å². The van der Waals surface area contributed by atoms with Crippen LogP contribution in [0.3, 0.4) is 0 Å². The van der Waals surface area contributed by atoms with Gasteiger partial charge in [-0.25, -0.2) is 0 Å². The third-order valence-electron chi connectivity index (χ3n) is 4.51. The molecule has 3 nitrogen and oxygen atoms in total. The van der Waals surface area contributed by atoms with Gasteiger partial charge in [-0.1, -0.05) is 30.3 Å². The molecule has 0 amide bonds. The van der Waals surface area contributed by atoms with Crippen molar-refractivity contribution in [3.63, 3.8) is 0 Å². The monoisotopic (exact) mass is 283 g/mol. The second kappa shape index (κ2) is 5.66. The summed E-state index contributed by atoms with van der Waals surface area (Å²) in [7, 11) is 0. The smallest absolute Gasteiger partial charge is 0.0956 e. The molecular formula is C18H21NO2. The first-order valence-corrected chi connectivity index (χ1v) is 7.82. The molecule has 1 aromatic heterocycles. The van der Waals surface area contributed by atoms with Crippen LogP contribution in [0.5, 0.6) is 0 Å². The van der Waals surface area contributed by atoms with E-state index in [0.717, 1.165) is 25.6 Å². The zero-order valence-electron chi connectivity index (χ0n) is 12.2. The van der Waals surface area contributed by atoms with Crippen molar-refractivity contribution in [1.82, 2.24) is 4.90 Å². The van der Waals surface area contributed by atoms with E-state index in [1.54, 1.807) is 6.26 Å². The van der Waals surface area contributed by atoms with Crippen LogP contribution >= 0.6 is 0 Å². The second-order valence-electron chi connectivity index (χ2n) is 6.24. The van der Waals surface area contributed by atoms with Gasteiger partial charge in [0, 0.05) is 25.2 Å². The Balaban J connectivity index is 1.51. The fraction of sp³-hybridized carbons (Fsp3) is 0.444. The summed E-state index contributed by atoms with van der Waals surface area (Å²) in [5, 5.41) is 0. The van der Waals surface area contributed by atoms with Crippen LogP contribution in [-0.2, 0) is 11.3 Å². The number of benzene rings is 1. The molecule has 1 saturated carbocycles. The summed E-state index contributed by atoms with van der Waals surface area (Å²) < 4.78 is 11.6. The van der Waals surface area contributed by atoms with Crippen LogP contribution in [0.15, 0.2) is 53.3 Å². The summed E-state index contributed by atoms with van der Waals surface area (Å²) in [6.45, 7) is 2.95. The molecule has 0 bridgehead atoms. The van der Waals surface area contributed by atoms with Crippen molar-refractivity contribution in [3.05, 3.63) is 60.1 Å². The first-order chi connectivity index (χ1) is 10.4. The van der Waals surface area contributed by atoms with Gasteiger partial charge >= 0.3 is 0 Å². The van der Waals surface area contributed by atoms with Gasteiger partial charge in [0.15, 0.2) is 0 Å². The number of hydrogen-bond donors (Lipinski definition) is 0. The molecule has 2 aliphatic rings. The van der Waals surface area contributed by atoms with E-state index in [0.29, 0.717) is 6.10 Å². The first kappa shape index (κ1) is 13.1. The molecule has 2 heterocycles. The Morgan fingerprint density at radius 2 is 1.90 bits per heavy atom. The van der Waals surface area contributed by atoms with Gasteiger partial charge in [0.1, 0.15) is 0 Å². The van der Waals surface area contributed by atoms with Gasteiger partial charge < -0.3 is 9.15 Å². The molecule has 3 heteroatoms. The minimum absolute atomic E-state index is 0.192. The lowest BCUT2D eigenvalue weighted by Gasteiger charge is -2.38. The summed E-state index contributed by atoms with van der Waals surface area (Å²) in [5.74, 6) is 0.767. The average molecular weight is 283 g/mol. The lowest BCUT2D eigenvalue weighted by Crippen LogP contribution is -2.44. The Kier molecular flexibility index (Phi) is 3.53. The minimum atomic E-state index is 0.192. The third-order valence-corrected chi connectivity index (χ3v) is 4.51. The van der Waals surface area contributed by atoms with E-state index in [-0.39, 0.29) is 6.10 Å². The molecular weight excluding hydrogens is 262 g/mol. The van der Waals surface area contributed by atoms with Crippen molar-refractivity contribution in [2.75, 3.05) is 13.1 Å². The zero-order valence-corrected chi connectivity index (χ0v) is 12.2. The topological polar surface area (TPSA) is 25.6 Å². The Hall–Kier alpha value is -1.58. The molecule has 1 aliphatic carbocycles. The van der Waals surface area contributed by atoms with E-state index < -0.39 is 0 Å². The van der Waals surface area contributed by atoms with Crippen molar-refractivity contribution in [1.29, 1.82) is 0 Å². The molecule has 21 heavy (non-hydrogen) atoms. The first-order valence-electron chi connectivity index (χ1n) is 7.82. The van der Waals surface area contributed by atoms with Crippen LogP contribution in [0.25, 0.3) is 0 Å². The average Bonchev–Trinajstić information content (AvgIpc) is 3.27. The molecule has 0 N–H and O–H groups in total. The number of ether oxygens (including phenoxy) is 1. The molecule has 0 radical (unpaired) electrons. The molecule has 1 aliphatic heterocycles. The highest BCUT2D eigenvalue weighted by Crippen LogP contribution is 2.39. The number of morpholine rings is 1. The van der Waals surface area contributed by atoms with Crippen molar-refractivity contribution in [3.8, 4) is 0 Å². The number of nitrogens with zero attached hydrogens (tertiary/aromatic N) is 1. The molecule has 2 fully saturated rings. The molecule has 2 aromatic rings. The summed E-state index contributed by atoms with van der Waals surface area (Å²) in [4.78, 5) is 2.51. The summed E-state index contributed by atoms with van der Waals surface area (Å²) in [6, 6.07) is 12.7. The van der Waals surface area contributed by atoms with E-state index in [2.05, 4.69) is 41.3 Å². The summed E-state index contributed by atoms with van der Waals surface area (Å²) >= 11 is 0. The maximum Gasteiger partial charge on any atom is 0.0956 e. The standard InChI is InChI=1S/C18H21NO2/c1-2-4-15(5-3-1)17-11-19(10-14-8-9-20-13-14)12-18(21-17)16-6-7-16/h1-5,8-9,13,16-18H,6-7,10-12H2/t17-,18+/m0/s1. The zero-order chi connectivity index (χ0) is 14.1. The Morgan fingerprint density at radius 3 is 2.62 bits per heavy atom. The van der Waals surface area contributed by atoms with Crippen LogP contribution in [0, 0.1) is 5.92 Å². The van der Waals surface area contributed by atoms with Crippen molar-refractivity contribution in [2.45, 2.75) is 31.6 Å². The predicted molar refractivity (Wildman–Crippen MR) is 80.8 cm³/mol. The van der Waals surface area contributed by atoms with Crippen molar-refractivity contribution >= 4 is 0 Å². The second-order valence-corrected chi connectivity index (χ2v) is 6.24. The quantitative estimate of drug-likeness (QED) is 0.857. The SMILES string of the molecule is c1ccc([C@@H]2CN(Cc3ccoc3)C[C@H](C3CC3)O2)cc1. The van der Waals surface area contributed by atoms with Gasteiger partial charge in [0.25, 0.3) is 0 Å². The highest BCUT2D eigenvalue weighted by molar-refractivity contribution is 5.19. The molecule has 4 rings (SSSR count). The molecule has 0 spiro atoms. The Bertz CT molecular complexity index is 562. The molecule has 1 aromatic carbocycles. The highest BCUT2D eigenvalue weighted by atomic mass is 16.5. The van der Waals surface area contributed by atoms with E-state index in [9.17, 15) is 0 Å². The van der Waals surface area contributed by atoms with Crippen LogP contribution in [-0.4, -0.2) is 24.1 Å². The van der Waals surface area contributed by atoms with Gasteiger partial charge in [0.05, 0.1) is 24.7 Å². The summed E-state index contributed by atoms with van der Waals surface area (Å²) in [5.41, 5.74) is 2.54. The molecule has 0 unspecified atom stereocenters. The van der Waals surface area contributed by atoms with Gasteiger partial charge in [0.2, 0.25) is 0 Å². The normalized spacial score (nSPS) is 26.9. The largest absolute Gasteiger partial charge is 0.472 e. The molecule has 1 saturated heterocycles. The van der Waals surface area contributed by atoms with Gasteiger partial charge in [-0.15, -0.1) is 0 Å². The van der Waals surface area contributed by atoms with E-state index in [1.807, 2.05) is 6.26 Å². The fourth-order valence-electron chi connectivity index (χ4n) is 3.21. The Morgan fingerprint density at radius 1 is 1.05 bits per heavy atom. The number of furan rings is 1. The van der Waals surface area contributed by atoms with Crippen LogP contribution in [0.2, 0.25) is 0 Å². The van der Waals surface area contributed by atoms with Gasteiger partial charge in [-0.05, 0) is 30.4 Å². The van der Waals surface area contributed by atoms with E-state index >= 15 is 0 Å². The van der Waals surface area contributed by atoms with Crippen molar-refractivity contribution in [2.24, 2.45) is 5.92 Å².